The number of carbonyl (C=O) groups excluding carboxylic acids is 1. The van der Waals surface area contributed by atoms with Crippen LogP contribution in [-0.2, 0) is 4.79 Å². The molecule has 0 aliphatic rings. The maximum absolute atomic E-state index is 12.6. The second kappa shape index (κ2) is 11.6. The molecule has 0 aliphatic heterocycles. The number of nitrogens with one attached hydrogen (secondary N) is 1. The molecule has 1 aromatic heterocycles. The highest BCUT2D eigenvalue weighted by Gasteiger charge is 2.17. The van der Waals surface area contributed by atoms with E-state index in [1.165, 1.54) is 11.8 Å². The molecular formula is C26H23Cl2N5O2S. The fourth-order valence-corrected chi connectivity index (χ4v) is 4.35. The Morgan fingerprint density at radius 1 is 1.03 bits per heavy atom. The zero-order chi connectivity index (χ0) is 25.7. The van der Waals surface area contributed by atoms with E-state index in [9.17, 15) is 4.79 Å². The summed E-state index contributed by atoms with van der Waals surface area (Å²) in [4.78, 5) is 12.6. The number of rotatable bonds is 8. The van der Waals surface area contributed by atoms with Gasteiger partial charge in [0.1, 0.15) is 5.75 Å². The van der Waals surface area contributed by atoms with Gasteiger partial charge in [0, 0.05) is 11.3 Å². The smallest absolute Gasteiger partial charge is 0.250 e. The molecule has 0 unspecified atom stereocenters. The van der Waals surface area contributed by atoms with Crippen molar-refractivity contribution in [2.24, 2.45) is 5.10 Å². The van der Waals surface area contributed by atoms with Gasteiger partial charge < -0.3 is 4.74 Å². The Balaban J connectivity index is 1.53. The lowest BCUT2D eigenvalue weighted by Gasteiger charge is -2.11. The Bertz CT molecular complexity index is 1400. The monoisotopic (exact) mass is 539 g/mol. The van der Waals surface area contributed by atoms with Crippen LogP contribution in [0.2, 0.25) is 10.0 Å². The van der Waals surface area contributed by atoms with Crippen LogP contribution in [0.25, 0.3) is 17.1 Å². The standard InChI is InChI=1S/C26H23Cl2N5O2S/c1-16-4-6-18(7-5-16)25-31-32-26(33(25)20-9-11-21(35-3)12-10-20)36-15-24(34)30-29-17(2)19-8-13-22(27)23(28)14-19/h4-14H,15H2,1-3H3,(H,30,34)/b29-17+. The number of aryl methyl sites for hydroxylation is 1. The van der Waals surface area contributed by atoms with Crippen LogP contribution in [-0.4, -0.2) is 39.2 Å². The van der Waals surface area contributed by atoms with E-state index in [0.717, 1.165) is 28.1 Å². The third-order valence-corrected chi connectivity index (χ3v) is 6.96. The van der Waals surface area contributed by atoms with Gasteiger partial charge in [0.15, 0.2) is 11.0 Å². The van der Waals surface area contributed by atoms with Crippen LogP contribution in [0.1, 0.15) is 18.1 Å². The van der Waals surface area contributed by atoms with Gasteiger partial charge in [0.25, 0.3) is 5.91 Å². The number of hydrogen-bond donors (Lipinski definition) is 1. The number of hydrazone groups is 1. The van der Waals surface area contributed by atoms with E-state index in [2.05, 4.69) is 20.7 Å². The summed E-state index contributed by atoms with van der Waals surface area (Å²) in [6, 6.07) is 20.8. The van der Waals surface area contributed by atoms with Crippen molar-refractivity contribution in [2.75, 3.05) is 12.9 Å². The average molecular weight is 540 g/mol. The van der Waals surface area contributed by atoms with Gasteiger partial charge in [0.2, 0.25) is 0 Å². The van der Waals surface area contributed by atoms with Gasteiger partial charge in [0.05, 0.1) is 28.6 Å². The van der Waals surface area contributed by atoms with Crippen LogP contribution in [0.5, 0.6) is 5.75 Å². The second-order valence-corrected chi connectivity index (χ2v) is 9.61. The third kappa shape index (κ3) is 6.07. The van der Waals surface area contributed by atoms with Gasteiger partial charge >= 0.3 is 0 Å². The highest BCUT2D eigenvalue weighted by atomic mass is 35.5. The number of amides is 1. The van der Waals surface area contributed by atoms with E-state index in [4.69, 9.17) is 27.9 Å². The molecule has 0 saturated carbocycles. The Hall–Kier alpha value is -3.33. The van der Waals surface area contributed by atoms with Crippen molar-refractivity contribution >= 4 is 46.6 Å². The van der Waals surface area contributed by atoms with Gasteiger partial charge in [-0.05, 0) is 55.8 Å². The van der Waals surface area contributed by atoms with Crippen molar-refractivity contribution in [1.29, 1.82) is 0 Å². The van der Waals surface area contributed by atoms with Crippen molar-refractivity contribution in [3.05, 3.63) is 87.9 Å². The summed E-state index contributed by atoms with van der Waals surface area (Å²) in [6.07, 6.45) is 0. The molecule has 0 fully saturated rings. The molecule has 0 bridgehead atoms. The zero-order valence-corrected chi connectivity index (χ0v) is 22.2. The molecule has 184 valence electrons. The fraction of sp³-hybridized carbons (Fsp3) is 0.154. The second-order valence-electron chi connectivity index (χ2n) is 7.86. The lowest BCUT2D eigenvalue weighted by atomic mass is 10.1. The lowest BCUT2D eigenvalue weighted by molar-refractivity contribution is -0.118. The Kier molecular flexibility index (Phi) is 8.30. The zero-order valence-electron chi connectivity index (χ0n) is 19.8. The Morgan fingerprint density at radius 3 is 2.42 bits per heavy atom. The summed E-state index contributed by atoms with van der Waals surface area (Å²) in [6.45, 7) is 3.81. The Morgan fingerprint density at radius 2 is 1.75 bits per heavy atom. The number of hydrogen-bond acceptors (Lipinski definition) is 6. The molecule has 0 radical (unpaired) electrons. The van der Waals surface area contributed by atoms with Crippen molar-refractivity contribution in [3.63, 3.8) is 0 Å². The molecule has 1 heterocycles. The fourth-order valence-electron chi connectivity index (χ4n) is 3.31. The SMILES string of the molecule is COc1ccc(-n2c(SCC(=O)N/N=C(\C)c3ccc(Cl)c(Cl)c3)nnc2-c2ccc(C)cc2)cc1. The Labute approximate surface area is 223 Å². The minimum absolute atomic E-state index is 0.0976. The number of nitrogens with zero attached hydrogens (tertiary/aromatic N) is 4. The number of ether oxygens (including phenoxy) is 1. The molecule has 0 atom stereocenters. The first-order valence-corrected chi connectivity index (χ1v) is 12.7. The van der Waals surface area contributed by atoms with Crippen LogP contribution in [0, 0.1) is 6.92 Å². The molecular weight excluding hydrogens is 517 g/mol. The van der Waals surface area contributed by atoms with E-state index in [1.807, 2.05) is 60.0 Å². The molecule has 1 amide bonds. The predicted octanol–water partition coefficient (Wildman–Crippen LogP) is 6.19. The first-order chi connectivity index (χ1) is 17.4. The van der Waals surface area contributed by atoms with Crippen molar-refractivity contribution in [3.8, 4) is 22.8 Å². The van der Waals surface area contributed by atoms with Crippen LogP contribution in [0.3, 0.4) is 0 Å². The number of thioether (sulfide) groups is 1. The molecule has 4 rings (SSSR count). The number of benzene rings is 3. The minimum Gasteiger partial charge on any atom is -0.497 e. The minimum atomic E-state index is -0.277. The summed E-state index contributed by atoms with van der Waals surface area (Å²) < 4.78 is 7.21. The lowest BCUT2D eigenvalue weighted by Crippen LogP contribution is -2.21. The van der Waals surface area contributed by atoms with Crippen molar-refractivity contribution in [1.82, 2.24) is 20.2 Å². The molecule has 0 aliphatic carbocycles. The van der Waals surface area contributed by atoms with E-state index in [-0.39, 0.29) is 11.7 Å². The number of methoxy groups -OCH3 is 1. The third-order valence-electron chi connectivity index (χ3n) is 5.29. The van der Waals surface area contributed by atoms with Gasteiger partial charge in [-0.3, -0.25) is 9.36 Å². The highest BCUT2D eigenvalue weighted by Crippen LogP contribution is 2.29. The molecule has 3 aromatic carbocycles. The molecule has 4 aromatic rings. The predicted molar refractivity (Wildman–Crippen MR) is 146 cm³/mol. The topological polar surface area (TPSA) is 81.4 Å². The van der Waals surface area contributed by atoms with E-state index in [0.29, 0.717) is 26.7 Å². The quantitative estimate of drug-likeness (QED) is 0.164. The summed E-state index contributed by atoms with van der Waals surface area (Å²) >= 11 is 13.3. The van der Waals surface area contributed by atoms with E-state index < -0.39 is 0 Å². The van der Waals surface area contributed by atoms with E-state index in [1.54, 1.807) is 32.2 Å². The van der Waals surface area contributed by atoms with Crippen LogP contribution >= 0.6 is 35.0 Å². The average Bonchev–Trinajstić information content (AvgIpc) is 3.32. The number of aromatic nitrogens is 3. The highest BCUT2D eigenvalue weighted by molar-refractivity contribution is 7.99. The first-order valence-electron chi connectivity index (χ1n) is 10.9. The molecule has 36 heavy (non-hydrogen) atoms. The largest absolute Gasteiger partial charge is 0.497 e. The molecule has 10 heteroatoms. The molecule has 7 nitrogen and oxygen atoms in total. The maximum atomic E-state index is 12.6. The van der Waals surface area contributed by atoms with Gasteiger partial charge in [-0.25, -0.2) is 5.43 Å². The maximum Gasteiger partial charge on any atom is 0.250 e. The van der Waals surface area contributed by atoms with Gasteiger partial charge in [-0.15, -0.1) is 10.2 Å². The summed E-state index contributed by atoms with van der Waals surface area (Å²) in [7, 11) is 1.62. The molecule has 0 spiro atoms. The van der Waals surface area contributed by atoms with Crippen LogP contribution in [0.4, 0.5) is 0 Å². The summed E-state index contributed by atoms with van der Waals surface area (Å²) in [5.74, 6) is 1.24. The van der Waals surface area contributed by atoms with Crippen LogP contribution < -0.4 is 10.2 Å². The summed E-state index contributed by atoms with van der Waals surface area (Å²) in [5, 5.41) is 14.4. The molecule has 0 saturated heterocycles. The number of halogens is 2. The normalized spacial score (nSPS) is 11.4. The van der Waals surface area contributed by atoms with Crippen molar-refractivity contribution in [2.45, 2.75) is 19.0 Å². The first kappa shape index (κ1) is 25.8. The van der Waals surface area contributed by atoms with Crippen LogP contribution in [0.15, 0.2) is 77.0 Å². The number of carbonyl (C=O) groups is 1. The molecule has 1 N–H and O–H groups in total. The van der Waals surface area contributed by atoms with Crippen molar-refractivity contribution < 1.29 is 9.53 Å². The summed E-state index contributed by atoms with van der Waals surface area (Å²) in [5.41, 5.74) is 6.88. The van der Waals surface area contributed by atoms with Gasteiger partial charge in [-0.1, -0.05) is 70.9 Å². The van der Waals surface area contributed by atoms with Gasteiger partial charge in [-0.2, -0.15) is 5.10 Å². The van der Waals surface area contributed by atoms with E-state index >= 15 is 0 Å².